The predicted octanol–water partition coefficient (Wildman–Crippen LogP) is 2.51. The second kappa shape index (κ2) is 8.25. The summed E-state index contributed by atoms with van der Waals surface area (Å²) in [5.74, 6) is -1.19. The minimum Gasteiger partial charge on any atom is -0.477 e. The molecule has 0 aromatic heterocycles. The Labute approximate surface area is 151 Å². The molecule has 0 bridgehead atoms. The van der Waals surface area contributed by atoms with E-state index in [0.29, 0.717) is 5.56 Å². The van der Waals surface area contributed by atoms with Crippen LogP contribution in [0.5, 0.6) is 5.75 Å². The number of amides is 2. The molecule has 9 heteroatoms. The minimum atomic E-state index is -0.655. The molecule has 2 N–H and O–H groups in total. The zero-order valence-electron chi connectivity index (χ0n) is 13.1. The van der Waals surface area contributed by atoms with Gasteiger partial charge in [0.15, 0.2) is 12.4 Å². The SMILES string of the molecule is Cc1ccc(C(=O)NNC(=O)COc2ccccc2[N+](=O)[O-])cc1Br. The van der Waals surface area contributed by atoms with Crippen LogP contribution < -0.4 is 15.6 Å². The number of nitro groups is 1. The van der Waals surface area contributed by atoms with E-state index in [0.717, 1.165) is 10.0 Å². The van der Waals surface area contributed by atoms with E-state index >= 15 is 0 Å². The highest BCUT2D eigenvalue weighted by Crippen LogP contribution is 2.25. The van der Waals surface area contributed by atoms with Gasteiger partial charge in [0, 0.05) is 16.1 Å². The molecule has 0 aliphatic heterocycles. The van der Waals surface area contributed by atoms with Crippen molar-refractivity contribution in [2.45, 2.75) is 6.92 Å². The van der Waals surface area contributed by atoms with Crippen molar-refractivity contribution in [2.24, 2.45) is 0 Å². The van der Waals surface area contributed by atoms with Crippen molar-refractivity contribution in [1.82, 2.24) is 10.9 Å². The maximum atomic E-state index is 12.0. The van der Waals surface area contributed by atoms with Crippen molar-refractivity contribution in [2.75, 3.05) is 6.61 Å². The highest BCUT2D eigenvalue weighted by Gasteiger charge is 2.15. The van der Waals surface area contributed by atoms with Gasteiger partial charge < -0.3 is 4.74 Å². The van der Waals surface area contributed by atoms with E-state index < -0.39 is 23.3 Å². The number of hydrogen-bond donors (Lipinski definition) is 2. The van der Waals surface area contributed by atoms with Gasteiger partial charge in [-0.25, -0.2) is 0 Å². The summed E-state index contributed by atoms with van der Waals surface area (Å²) >= 11 is 3.32. The lowest BCUT2D eigenvalue weighted by atomic mass is 10.1. The zero-order chi connectivity index (χ0) is 18.4. The Morgan fingerprint density at radius 2 is 1.92 bits per heavy atom. The number of aryl methyl sites for hydroxylation is 1. The average molecular weight is 408 g/mol. The van der Waals surface area contributed by atoms with Crippen LogP contribution in [-0.2, 0) is 4.79 Å². The Morgan fingerprint density at radius 3 is 2.60 bits per heavy atom. The van der Waals surface area contributed by atoms with E-state index in [1.54, 1.807) is 24.3 Å². The van der Waals surface area contributed by atoms with E-state index in [4.69, 9.17) is 4.74 Å². The van der Waals surface area contributed by atoms with Crippen molar-refractivity contribution in [3.63, 3.8) is 0 Å². The van der Waals surface area contributed by atoms with Crippen molar-refractivity contribution < 1.29 is 19.2 Å². The van der Waals surface area contributed by atoms with Crippen LogP contribution >= 0.6 is 15.9 Å². The lowest BCUT2D eigenvalue weighted by molar-refractivity contribution is -0.385. The summed E-state index contributed by atoms with van der Waals surface area (Å²) in [6.45, 7) is 1.40. The molecule has 0 saturated heterocycles. The molecule has 2 aromatic carbocycles. The molecule has 2 rings (SSSR count). The smallest absolute Gasteiger partial charge is 0.310 e. The summed E-state index contributed by atoms with van der Waals surface area (Å²) in [5.41, 5.74) is 5.51. The van der Waals surface area contributed by atoms with Crippen LogP contribution in [-0.4, -0.2) is 23.3 Å². The van der Waals surface area contributed by atoms with Crippen LogP contribution in [0.15, 0.2) is 46.9 Å². The first-order valence-corrected chi connectivity index (χ1v) is 7.89. The molecule has 0 heterocycles. The second-order valence-electron chi connectivity index (χ2n) is 4.98. The van der Waals surface area contributed by atoms with Gasteiger partial charge in [-0.2, -0.15) is 0 Å². The van der Waals surface area contributed by atoms with Gasteiger partial charge >= 0.3 is 5.69 Å². The minimum absolute atomic E-state index is 0.0311. The standard InChI is InChI=1S/C16H14BrN3O5/c1-10-6-7-11(8-12(10)17)16(22)19-18-15(21)9-25-14-5-3-2-4-13(14)20(23)24/h2-8H,9H2,1H3,(H,18,21)(H,19,22). The molecular weight excluding hydrogens is 394 g/mol. The Morgan fingerprint density at radius 1 is 1.20 bits per heavy atom. The predicted molar refractivity (Wildman–Crippen MR) is 93.1 cm³/mol. The fourth-order valence-corrected chi connectivity index (χ4v) is 2.22. The first-order valence-electron chi connectivity index (χ1n) is 7.10. The summed E-state index contributed by atoms with van der Waals surface area (Å²) < 4.78 is 5.89. The lowest BCUT2D eigenvalue weighted by Crippen LogP contribution is -2.43. The Hall–Kier alpha value is -2.94. The Balaban J connectivity index is 1.88. The van der Waals surface area contributed by atoms with E-state index in [-0.39, 0.29) is 11.4 Å². The molecular formula is C16H14BrN3O5. The van der Waals surface area contributed by atoms with Crippen molar-refractivity contribution in [3.05, 3.63) is 68.2 Å². The molecule has 0 unspecified atom stereocenters. The summed E-state index contributed by atoms with van der Waals surface area (Å²) in [4.78, 5) is 33.9. The molecule has 0 aliphatic carbocycles. The quantitative estimate of drug-likeness (QED) is 0.584. The maximum Gasteiger partial charge on any atom is 0.310 e. The summed E-state index contributed by atoms with van der Waals surface area (Å²) in [7, 11) is 0. The number of hydrogen-bond acceptors (Lipinski definition) is 5. The summed E-state index contributed by atoms with van der Waals surface area (Å²) in [6.07, 6.45) is 0. The monoisotopic (exact) mass is 407 g/mol. The first-order chi connectivity index (χ1) is 11.9. The number of carbonyl (C=O) groups is 2. The highest BCUT2D eigenvalue weighted by atomic mass is 79.9. The summed E-state index contributed by atoms with van der Waals surface area (Å²) in [5, 5.41) is 10.9. The third kappa shape index (κ3) is 5.01. The number of halogens is 1. The second-order valence-corrected chi connectivity index (χ2v) is 5.83. The third-order valence-electron chi connectivity index (χ3n) is 3.17. The molecule has 25 heavy (non-hydrogen) atoms. The Bertz CT molecular complexity index is 825. The number of nitrogens with zero attached hydrogens (tertiary/aromatic N) is 1. The van der Waals surface area contributed by atoms with Crippen molar-refractivity contribution in [3.8, 4) is 5.75 Å². The van der Waals surface area contributed by atoms with Gasteiger partial charge in [-0.15, -0.1) is 0 Å². The number of nitro benzene ring substituents is 1. The van der Waals surface area contributed by atoms with Gasteiger partial charge in [0.1, 0.15) is 0 Å². The van der Waals surface area contributed by atoms with Gasteiger partial charge in [-0.3, -0.25) is 30.6 Å². The molecule has 2 amide bonds. The molecule has 0 aliphatic rings. The number of ether oxygens (including phenoxy) is 1. The fourth-order valence-electron chi connectivity index (χ4n) is 1.84. The lowest BCUT2D eigenvalue weighted by Gasteiger charge is -2.09. The number of rotatable bonds is 5. The molecule has 8 nitrogen and oxygen atoms in total. The van der Waals surface area contributed by atoms with Crippen LogP contribution in [0.4, 0.5) is 5.69 Å². The van der Waals surface area contributed by atoms with E-state index in [9.17, 15) is 19.7 Å². The largest absolute Gasteiger partial charge is 0.477 e. The van der Waals surface area contributed by atoms with Crippen LogP contribution in [0.3, 0.4) is 0 Å². The topological polar surface area (TPSA) is 111 Å². The molecule has 130 valence electrons. The molecule has 0 fully saturated rings. The van der Waals surface area contributed by atoms with Crippen LogP contribution in [0.1, 0.15) is 15.9 Å². The average Bonchev–Trinajstić information content (AvgIpc) is 2.60. The van der Waals surface area contributed by atoms with Crippen LogP contribution in [0, 0.1) is 17.0 Å². The van der Waals surface area contributed by atoms with Gasteiger partial charge in [-0.05, 0) is 30.7 Å². The van der Waals surface area contributed by atoms with Gasteiger partial charge in [0.25, 0.3) is 11.8 Å². The Kier molecular flexibility index (Phi) is 6.07. The zero-order valence-corrected chi connectivity index (χ0v) is 14.7. The van der Waals surface area contributed by atoms with Crippen LogP contribution in [0.25, 0.3) is 0 Å². The molecule has 0 spiro atoms. The number of nitrogens with one attached hydrogen (secondary N) is 2. The van der Waals surface area contributed by atoms with Crippen LogP contribution in [0.2, 0.25) is 0 Å². The van der Waals surface area contributed by atoms with Gasteiger partial charge in [0.05, 0.1) is 4.92 Å². The third-order valence-corrected chi connectivity index (χ3v) is 4.02. The normalized spacial score (nSPS) is 10.0. The van der Waals surface area contributed by atoms with E-state index in [1.165, 1.54) is 18.2 Å². The molecule has 0 atom stereocenters. The van der Waals surface area contributed by atoms with Gasteiger partial charge in [-0.1, -0.05) is 34.1 Å². The molecule has 0 radical (unpaired) electrons. The molecule has 2 aromatic rings. The fraction of sp³-hybridized carbons (Fsp3) is 0.125. The highest BCUT2D eigenvalue weighted by molar-refractivity contribution is 9.10. The number of para-hydroxylation sites is 2. The number of benzene rings is 2. The first kappa shape index (κ1) is 18.4. The summed E-state index contributed by atoms with van der Waals surface area (Å²) in [6, 6.07) is 10.7. The molecule has 0 saturated carbocycles. The maximum absolute atomic E-state index is 12.0. The van der Waals surface area contributed by atoms with E-state index in [2.05, 4.69) is 26.8 Å². The van der Waals surface area contributed by atoms with Crippen molar-refractivity contribution >= 4 is 33.4 Å². The number of carbonyl (C=O) groups excluding carboxylic acids is 2. The number of hydrazine groups is 1. The van der Waals surface area contributed by atoms with E-state index in [1.807, 2.05) is 6.92 Å². The van der Waals surface area contributed by atoms with Gasteiger partial charge in [0.2, 0.25) is 0 Å². The van der Waals surface area contributed by atoms with Crippen molar-refractivity contribution in [1.29, 1.82) is 0 Å².